The second-order valence-corrected chi connectivity index (χ2v) is 8.09. The minimum Gasteiger partial charge on any atom is -0.449 e. The van der Waals surface area contributed by atoms with Crippen molar-refractivity contribution in [1.82, 2.24) is 14.5 Å². The Balaban J connectivity index is 2.04. The lowest BCUT2D eigenvalue weighted by atomic mass is 9.99. The highest BCUT2D eigenvalue weighted by Gasteiger charge is 2.26. The Kier molecular flexibility index (Phi) is 6.65. The van der Waals surface area contributed by atoms with Gasteiger partial charge in [0.15, 0.2) is 5.65 Å². The van der Waals surface area contributed by atoms with Gasteiger partial charge in [-0.05, 0) is 65.6 Å². The van der Waals surface area contributed by atoms with E-state index in [1.807, 2.05) is 26.0 Å². The zero-order chi connectivity index (χ0) is 24.2. The SMILES string of the molecule is CC(C)COC(=O)n1c(-c2ccc(F)cc2)c(-c2ccncc2)c2ccc(NC(=O)CN)nc21. The highest BCUT2D eigenvalue weighted by molar-refractivity contribution is 6.08. The van der Waals surface area contributed by atoms with E-state index in [1.165, 1.54) is 16.7 Å². The number of hydrogen-bond acceptors (Lipinski definition) is 6. The maximum absolute atomic E-state index is 13.7. The second-order valence-electron chi connectivity index (χ2n) is 8.09. The third kappa shape index (κ3) is 4.65. The van der Waals surface area contributed by atoms with Crippen LogP contribution in [0.1, 0.15) is 13.8 Å². The van der Waals surface area contributed by atoms with Crippen molar-refractivity contribution in [3.8, 4) is 22.4 Å². The van der Waals surface area contributed by atoms with Gasteiger partial charge in [0.2, 0.25) is 5.91 Å². The summed E-state index contributed by atoms with van der Waals surface area (Å²) in [7, 11) is 0. The molecule has 9 heteroatoms. The van der Waals surface area contributed by atoms with Crippen molar-refractivity contribution in [2.75, 3.05) is 18.5 Å². The molecule has 0 atom stereocenters. The number of amides is 1. The first-order valence-electron chi connectivity index (χ1n) is 10.8. The zero-order valence-electron chi connectivity index (χ0n) is 18.8. The van der Waals surface area contributed by atoms with Gasteiger partial charge < -0.3 is 15.8 Å². The van der Waals surface area contributed by atoms with Crippen LogP contribution in [0.3, 0.4) is 0 Å². The summed E-state index contributed by atoms with van der Waals surface area (Å²) in [5.41, 5.74) is 8.28. The van der Waals surface area contributed by atoms with Gasteiger partial charge in [-0.15, -0.1) is 0 Å². The van der Waals surface area contributed by atoms with Gasteiger partial charge in [-0.2, -0.15) is 0 Å². The topological polar surface area (TPSA) is 112 Å². The largest absolute Gasteiger partial charge is 0.449 e. The van der Waals surface area contributed by atoms with Crippen LogP contribution < -0.4 is 11.1 Å². The molecule has 4 rings (SSSR count). The summed E-state index contributed by atoms with van der Waals surface area (Å²) in [6, 6.07) is 12.9. The number of pyridine rings is 2. The Morgan fingerprint density at radius 2 is 1.76 bits per heavy atom. The van der Waals surface area contributed by atoms with Crippen LogP contribution in [0.2, 0.25) is 0 Å². The number of benzene rings is 1. The molecule has 0 fully saturated rings. The van der Waals surface area contributed by atoms with Crippen molar-refractivity contribution in [3.05, 3.63) is 66.7 Å². The number of carbonyl (C=O) groups excluding carboxylic acids is 2. The lowest BCUT2D eigenvalue weighted by Gasteiger charge is -2.13. The molecule has 0 aliphatic rings. The van der Waals surface area contributed by atoms with E-state index in [0.29, 0.717) is 22.2 Å². The molecule has 34 heavy (non-hydrogen) atoms. The van der Waals surface area contributed by atoms with Gasteiger partial charge in [0.1, 0.15) is 11.6 Å². The van der Waals surface area contributed by atoms with Crippen molar-refractivity contribution in [1.29, 1.82) is 0 Å². The zero-order valence-corrected chi connectivity index (χ0v) is 18.8. The van der Waals surface area contributed by atoms with Gasteiger partial charge in [-0.3, -0.25) is 9.78 Å². The predicted octanol–water partition coefficient (Wildman–Crippen LogP) is 4.44. The smallest absolute Gasteiger partial charge is 0.420 e. The van der Waals surface area contributed by atoms with Crippen LogP contribution in [-0.2, 0) is 9.53 Å². The standard InChI is InChI=1S/C25H24FN5O3/c1-15(2)14-34-25(33)31-23(17-3-5-18(26)6-4-17)22(16-9-11-28-12-10-16)19-7-8-20(30-24(19)31)29-21(32)13-27/h3-12,15H,13-14,27H2,1-2H3,(H,29,30,32). The van der Waals surface area contributed by atoms with Gasteiger partial charge in [-0.1, -0.05) is 13.8 Å². The average molecular weight is 461 g/mol. The number of halogens is 1. The molecule has 0 spiro atoms. The summed E-state index contributed by atoms with van der Waals surface area (Å²) in [6.07, 6.45) is 2.66. The normalized spacial score (nSPS) is 11.1. The summed E-state index contributed by atoms with van der Waals surface area (Å²) < 4.78 is 20.7. The Hall–Kier alpha value is -4.11. The molecule has 0 aliphatic carbocycles. The van der Waals surface area contributed by atoms with Gasteiger partial charge in [0.25, 0.3) is 0 Å². The molecule has 0 radical (unpaired) electrons. The van der Waals surface area contributed by atoms with Gasteiger partial charge >= 0.3 is 6.09 Å². The molecule has 0 unspecified atom stereocenters. The van der Waals surface area contributed by atoms with E-state index in [-0.39, 0.29) is 30.5 Å². The number of fused-ring (bicyclic) bond motifs is 1. The summed E-state index contributed by atoms with van der Waals surface area (Å²) in [6.45, 7) is 3.86. The molecular formula is C25H24FN5O3. The molecule has 0 bridgehead atoms. The van der Waals surface area contributed by atoms with E-state index in [9.17, 15) is 14.0 Å². The number of hydrogen-bond donors (Lipinski definition) is 2. The first kappa shape index (κ1) is 23.1. The molecule has 3 N–H and O–H groups in total. The number of anilines is 1. The molecule has 0 aliphatic heterocycles. The average Bonchev–Trinajstić information content (AvgIpc) is 3.18. The summed E-state index contributed by atoms with van der Waals surface area (Å²) in [4.78, 5) is 33.8. The highest BCUT2D eigenvalue weighted by Crippen LogP contribution is 2.41. The lowest BCUT2D eigenvalue weighted by Crippen LogP contribution is -2.22. The number of ether oxygens (including phenoxy) is 1. The number of carbonyl (C=O) groups is 2. The van der Waals surface area contributed by atoms with Gasteiger partial charge in [-0.25, -0.2) is 18.7 Å². The van der Waals surface area contributed by atoms with Crippen LogP contribution in [0.15, 0.2) is 60.9 Å². The van der Waals surface area contributed by atoms with Crippen LogP contribution in [-0.4, -0.2) is 39.7 Å². The quantitative estimate of drug-likeness (QED) is 0.439. The van der Waals surface area contributed by atoms with E-state index in [1.54, 1.807) is 36.7 Å². The number of nitrogens with two attached hydrogens (primary N) is 1. The first-order chi connectivity index (χ1) is 16.4. The number of aromatic nitrogens is 3. The fraction of sp³-hybridized carbons (Fsp3) is 0.200. The molecule has 0 saturated heterocycles. The summed E-state index contributed by atoms with van der Waals surface area (Å²) in [5, 5.41) is 3.27. The molecule has 8 nitrogen and oxygen atoms in total. The van der Waals surface area contributed by atoms with E-state index in [2.05, 4.69) is 15.3 Å². The fourth-order valence-electron chi connectivity index (χ4n) is 3.59. The molecule has 0 saturated carbocycles. The Bertz CT molecular complexity index is 1330. The molecule has 174 valence electrons. The molecular weight excluding hydrogens is 437 g/mol. The van der Waals surface area contributed by atoms with Crippen molar-refractivity contribution >= 4 is 28.9 Å². The van der Waals surface area contributed by atoms with Crippen molar-refractivity contribution in [2.45, 2.75) is 13.8 Å². The highest BCUT2D eigenvalue weighted by atomic mass is 19.1. The second kappa shape index (κ2) is 9.80. The van der Waals surface area contributed by atoms with Crippen LogP contribution in [0.4, 0.5) is 15.0 Å². The number of nitrogens with one attached hydrogen (secondary N) is 1. The maximum Gasteiger partial charge on any atom is 0.420 e. The van der Waals surface area contributed by atoms with Crippen LogP contribution in [0.25, 0.3) is 33.4 Å². The molecule has 1 aromatic carbocycles. The van der Waals surface area contributed by atoms with E-state index in [4.69, 9.17) is 10.5 Å². The van der Waals surface area contributed by atoms with Gasteiger partial charge in [0, 0.05) is 23.3 Å². The number of nitrogens with zero attached hydrogens (tertiary/aromatic N) is 3. The lowest BCUT2D eigenvalue weighted by molar-refractivity contribution is -0.114. The fourth-order valence-corrected chi connectivity index (χ4v) is 3.59. The Labute approximate surface area is 195 Å². The van der Waals surface area contributed by atoms with Gasteiger partial charge in [0.05, 0.1) is 18.8 Å². The summed E-state index contributed by atoms with van der Waals surface area (Å²) >= 11 is 0. The summed E-state index contributed by atoms with van der Waals surface area (Å²) in [5.74, 6) is -0.456. The third-order valence-electron chi connectivity index (χ3n) is 5.08. The van der Waals surface area contributed by atoms with E-state index in [0.717, 1.165) is 5.56 Å². The van der Waals surface area contributed by atoms with Crippen molar-refractivity contribution in [3.63, 3.8) is 0 Å². The van der Waals surface area contributed by atoms with Crippen molar-refractivity contribution < 1.29 is 18.7 Å². The molecule has 1 amide bonds. The van der Waals surface area contributed by atoms with Crippen LogP contribution in [0, 0.1) is 11.7 Å². The molecule has 3 aromatic heterocycles. The maximum atomic E-state index is 13.7. The van der Waals surface area contributed by atoms with E-state index < -0.39 is 17.8 Å². The monoisotopic (exact) mass is 461 g/mol. The first-order valence-corrected chi connectivity index (χ1v) is 10.8. The Morgan fingerprint density at radius 3 is 2.41 bits per heavy atom. The van der Waals surface area contributed by atoms with E-state index >= 15 is 0 Å². The van der Waals surface area contributed by atoms with Crippen LogP contribution >= 0.6 is 0 Å². The predicted molar refractivity (Wildman–Crippen MR) is 128 cm³/mol. The minimum atomic E-state index is -0.631. The van der Waals surface area contributed by atoms with Crippen LogP contribution in [0.5, 0.6) is 0 Å². The molecule has 4 aromatic rings. The third-order valence-corrected chi connectivity index (χ3v) is 5.08. The Morgan fingerprint density at radius 1 is 1.06 bits per heavy atom. The number of rotatable bonds is 6. The molecule has 3 heterocycles. The minimum absolute atomic E-state index is 0.118. The van der Waals surface area contributed by atoms with Crippen molar-refractivity contribution in [2.24, 2.45) is 11.7 Å².